The van der Waals surface area contributed by atoms with E-state index in [2.05, 4.69) is 21.7 Å². The number of hydrogen-bond donors (Lipinski definition) is 2. The van der Waals surface area contributed by atoms with E-state index in [1.807, 2.05) is 16.5 Å². The molecule has 0 spiro atoms. The molecule has 1 fully saturated rings. The minimum Gasteiger partial charge on any atom is -0.363 e. The van der Waals surface area contributed by atoms with E-state index in [1.54, 1.807) is 48.7 Å². The molecule has 1 amide bonds. The smallest absolute Gasteiger partial charge is 0.253 e. The average Bonchev–Trinajstić information content (AvgIpc) is 3.61. The molecule has 0 saturated heterocycles. The second-order valence-corrected chi connectivity index (χ2v) is 9.37. The first-order chi connectivity index (χ1) is 18.0. The predicted octanol–water partition coefficient (Wildman–Crippen LogP) is 5.72. The molecule has 7 nitrogen and oxygen atoms in total. The summed E-state index contributed by atoms with van der Waals surface area (Å²) in [5, 5.41) is 15.9. The number of aromatic nitrogens is 3. The van der Waals surface area contributed by atoms with Gasteiger partial charge < -0.3 is 10.6 Å². The monoisotopic (exact) mass is 510 g/mol. The Balaban J connectivity index is 1.46. The zero-order valence-electron chi connectivity index (χ0n) is 19.5. The number of halogens is 2. The van der Waals surface area contributed by atoms with Gasteiger partial charge in [-0.2, -0.15) is 5.26 Å². The molecule has 0 atom stereocenters. The highest BCUT2D eigenvalue weighted by Gasteiger charge is 2.25. The molecule has 0 radical (unpaired) electrons. The van der Waals surface area contributed by atoms with Crippen molar-refractivity contribution in [2.24, 2.45) is 0 Å². The van der Waals surface area contributed by atoms with Crippen molar-refractivity contribution in [1.29, 1.82) is 5.26 Å². The van der Waals surface area contributed by atoms with Gasteiger partial charge >= 0.3 is 0 Å². The fourth-order valence-electron chi connectivity index (χ4n) is 4.30. The predicted molar refractivity (Wildman–Crippen MR) is 140 cm³/mol. The minimum atomic E-state index is -0.317. The van der Waals surface area contributed by atoms with E-state index >= 15 is 0 Å². The molecule has 182 valence electrons. The first kappa shape index (κ1) is 23.0. The summed E-state index contributed by atoms with van der Waals surface area (Å²) in [5.74, 6) is -0.0535. The Morgan fingerprint density at radius 1 is 1.16 bits per heavy atom. The number of amides is 1. The molecule has 1 aliphatic carbocycles. The van der Waals surface area contributed by atoms with E-state index in [-0.39, 0.29) is 24.3 Å². The summed E-state index contributed by atoms with van der Waals surface area (Å²) in [6, 6.07) is 19.4. The number of carbonyl (C=O) groups excluding carboxylic acids is 1. The minimum absolute atomic E-state index is 0.185. The Labute approximate surface area is 216 Å². The fraction of sp³-hybridized carbons (Fsp3) is 0.143. The molecule has 37 heavy (non-hydrogen) atoms. The lowest BCUT2D eigenvalue weighted by atomic mass is 10.1. The van der Waals surface area contributed by atoms with E-state index in [4.69, 9.17) is 16.6 Å². The van der Waals surface area contributed by atoms with Crippen LogP contribution >= 0.6 is 11.6 Å². The van der Waals surface area contributed by atoms with Crippen molar-refractivity contribution in [2.75, 3.05) is 5.32 Å². The highest BCUT2D eigenvalue weighted by molar-refractivity contribution is 6.34. The number of fused-ring (bicyclic) bond motifs is 3. The van der Waals surface area contributed by atoms with E-state index in [9.17, 15) is 14.4 Å². The maximum atomic E-state index is 14.2. The van der Waals surface area contributed by atoms with Crippen molar-refractivity contribution in [3.8, 4) is 17.3 Å². The normalized spacial score (nSPS) is 13.0. The van der Waals surface area contributed by atoms with Crippen LogP contribution in [0.15, 0.2) is 66.9 Å². The van der Waals surface area contributed by atoms with Crippen LogP contribution in [0.5, 0.6) is 0 Å². The number of imidazole rings is 1. The summed E-state index contributed by atoms with van der Waals surface area (Å²) in [5.41, 5.74) is 4.73. The molecule has 6 rings (SSSR count). The molecular formula is C28H20ClFN6O. The molecule has 1 aliphatic rings. The second kappa shape index (κ2) is 9.19. The van der Waals surface area contributed by atoms with Gasteiger partial charge in [0.15, 0.2) is 11.5 Å². The van der Waals surface area contributed by atoms with Crippen molar-refractivity contribution in [3.63, 3.8) is 0 Å². The van der Waals surface area contributed by atoms with E-state index in [0.29, 0.717) is 38.7 Å². The third-order valence-corrected chi connectivity index (χ3v) is 6.69. The Morgan fingerprint density at radius 2 is 2.00 bits per heavy atom. The highest BCUT2D eigenvalue weighted by atomic mass is 35.5. The van der Waals surface area contributed by atoms with Gasteiger partial charge in [0.05, 0.1) is 45.1 Å². The summed E-state index contributed by atoms with van der Waals surface area (Å²) < 4.78 is 16.1. The maximum absolute atomic E-state index is 14.2. The number of benzene rings is 3. The number of hydrogen-bond acceptors (Lipinski definition) is 5. The van der Waals surface area contributed by atoms with Gasteiger partial charge in [-0.05, 0) is 49.2 Å². The van der Waals surface area contributed by atoms with Crippen LogP contribution in [-0.2, 0) is 6.54 Å². The number of anilines is 1. The SMILES string of the molecule is N#Cc1ccc2c(c1)nc(NCc1ccccc1F)c1ncc(-c3ccc(C(=O)NC4CC4)c(Cl)c3)n12. The molecule has 2 aromatic heterocycles. The number of nitrogens with one attached hydrogen (secondary N) is 2. The van der Waals surface area contributed by atoms with Gasteiger partial charge in [0.1, 0.15) is 5.82 Å². The molecule has 3 aromatic carbocycles. The highest BCUT2D eigenvalue weighted by Crippen LogP contribution is 2.32. The lowest BCUT2D eigenvalue weighted by molar-refractivity contribution is 0.0951. The number of carbonyl (C=O) groups is 1. The van der Waals surface area contributed by atoms with Crippen LogP contribution in [0.3, 0.4) is 0 Å². The quantitative estimate of drug-likeness (QED) is 0.305. The largest absolute Gasteiger partial charge is 0.363 e. The number of rotatable bonds is 6. The van der Waals surface area contributed by atoms with Crippen LogP contribution in [0.2, 0.25) is 5.02 Å². The van der Waals surface area contributed by atoms with Crippen molar-refractivity contribution in [1.82, 2.24) is 19.7 Å². The fourth-order valence-corrected chi connectivity index (χ4v) is 4.56. The van der Waals surface area contributed by atoms with Gasteiger partial charge in [0.25, 0.3) is 5.91 Å². The Kier molecular flexibility index (Phi) is 5.70. The van der Waals surface area contributed by atoms with Crippen LogP contribution in [0, 0.1) is 17.1 Å². The standard InChI is InChI=1S/C28H20ClFN6O/c29-21-12-17(6-9-20(21)28(37)34-19-7-8-19)25-15-33-27-26(32-14-18-3-1-2-4-22(18)30)35-23-11-16(13-31)5-10-24(23)36(25)27/h1-6,9-12,15,19H,7-8,14H2,(H,32,35)(H,34,37). The van der Waals surface area contributed by atoms with Crippen LogP contribution in [-0.4, -0.2) is 26.3 Å². The molecule has 2 N–H and O–H groups in total. The zero-order valence-corrected chi connectivity index (χ0v) is 20.3. The van der Waals surface area contributed by atoms with Gasteiger partial charge in [0.2, 0.25) is 0 Å². The van der Waals surface area contributed by atoms with Crippen LogP contribution in [0.1, 0.15) is 34.3 Å². The lowest BCUT2D eigenvalue weighted by Gasteiger charge is -2.13. The summed E-state index contributed by atoms with van der Waals surface area (Å²) in [4.78, 5) is 21.9. The first-order valence-electron chi connectivity index (χ1n) is 11.8. The molecule has 0 bridgehead atoms. The average molecular weight is 511 g/mol. The van der Waals surface area contributed by atoms with Crippen molar-refractivity contribution in [2.45, 2.75) is 25.4 Å². The Morgan fingerprint density at radius 3 is 2.76 bits per heavy atom. The number of nitrogens with zero attached hydrogens (tertiary/aromatic N) is 4. The van der Waals surface area contributed by atoms with Crippen LogP contribution in [0.25, 0.3) is 27.9 Å². The summed E-state index contributed by atoms with van der Waals surface area (Å²) in [6.07, 6.45) is 3.69. The van der Waals surface area contributed by atoms with E-state index in [1.165, 1.54) is 6.07 Å². The summed E-state index contributed by atoms with van der Waals surface area (Å²) in [7, 11) is 0. The van der Waals surface area contributed by atoms with E-state index < -0.39 is 0 Å². The third kappa shape index (κ3) is 4.34. The Bertz CT molecular complexity index is 1740. The molecule has 0 aliphatic heterocycles. The van der Waals surface area contributed by atoms with Gasteiger partial charge in [0, 0.05) is 23.7 Å². The topological polar surface area (TPSA) is 95.1 Å². The van der Waals surface area contributed by atoms with Gasteiger partial charge in [-0.15, -0.1) is 0 Å². The summed E-state index contributed by atoms with van der Waals surface area (Å²) in [6.45, 7) is 0.206. The molecule has 0 unspecified atom stereocenters. The molecule has 5 aromatic rings. The van der Waals surface area contributed by atoms with Gasteiger partial charge in [-0.3, -0.25) is 9.20 Å². The lowest BCUT2D eigenvalue weighted by Crippen LogP contribution is -2.25. The zero-order chi connectivity index (χ0) is 25.5. The second-order valence-electron chi connectivity index (χ2n) is 8.97. The number of nitriles is 1. The van der Waals surface area contributed by atoms with Gasteiger partial charge in [-0.25, -0.2) is 14.4 Å². The molecule has 9 heteroatoms. The van der Waals surface area contributed by atoms with Crippen molar-refractivity contribution < 1.29 is 9.18 Å². The third-order valence-electron chi connectivity index (χ3n) is 6.38. The first-order valence-corrected chi connectivity index (χ1v) is 12.2. The molecule has 2 heterocycles. The van der Waals surface area contributed by atoms with Crippen molar-refractivity contribution in [3.05, 3.63) is 94.4 Å². The molecular weight excluding hydrogens is 491 g/mol. The summed E-state index contributed by atoms with van der Waals surface area (Å²) >= 11 is 6.53. The van der Waals surface area contributed by atoms with Crippen molar-refractivity contribution >= 4 is 40.0 Å². The van der Waals surface area contributed by atoms with Gasteiger partial charge in [-0.1, -0.05) is 35.9 Å². The van der Waals surface area contributed by atoms with Crippen LogP contribution in [0.4, 0.5) is 10.2 Å². The van der Waals surface area contributed by atoms with Crippen LogP contribution < -0.4 is 10.6 Å². The molecule has 1 saturated carbocycles. The Hall–Kier alpha value is -4.48. The maximum Gasteiger partial charge on any atom is 0.253 e. The van der Waals surface area contributed by atoms with E-state index in [0.717, 1.165) is 29.6 Å².